The predicted molar refractivity (Wildman–Crippen MR) is 52.0 cm³/mol. The molecule has 0 saturated heterocycles. The zero-order chi connectivity index (χ0) is 11.4. The van der Waals surface area contributed by atoms with Crippen LogP contribution in [0.25, 0.3) is 0 Å². The fourth-order valence-electron chi connectivity index (χ4n) is 1.03. The number of halogens is 2. The number of nitrogens with one attached hydrogen (secondary N) is 1. The van der Waals surface area contributed by atoms with Gasteiger partial charge in [-0.15, -0.1) is 6.58 Å². The van der Waals surface area contributed by atoms with Gasteiger partial charge in [0.15, 0.2) is 11.6 Å². The fourth-order valence-corrected chi connectivity index (χ4v) is 1.03. The van der Waals surface area contributed by atoms with Gasteiger partial charge in [-0.2, -0.15) is 0 Å². The second-order valence-corrected chi connectivity index (χ2v) is 2.76. The van der Waals surface area contributed by atoms with Crippen molar-refractivity contribution in [2.75, 3.05) is 11.9 Å². The van der Waals surface area contributed by atoms with Crippen LogP contribution in [0.15, 0.2) is 24.8 Å². The second kappa shape index (κ2) is 4.54. The highest BCUT2D eigenvalue weighted by atomic mass is 19.2. The molecule has 0 aliphatic heterocycles. The molecule has 0 spiro atoms. The van der Waals surface area contributed by atoms with E-state index in [0.717, 1.165) is 6.07 Å². The van der Waals surface area contributed by atoms with Gasteiger partial charge in [0.05, 0.1) is 11.3 Å². The Labute approximate surface area is 85.0 Å². The number of hydrogen-bond donors (Lipinski definition) is 2. The maximum absolute atomic E-state index is 13.2. The molecule has 0 saturated carbocycles. The number of carbonyl (C=O) groups is 1. The SMILES string of the molecule is C=CCNc1ccc(C(=O)O)c(F)c1F. The minimum atomic E-state index is -1.50. The molecule has 0 radical (unpaired) electrons. The molecule has 0 bridgehead atoms. The molecule has 1 aromatic rings. The zero-order valence-corrected chi connectivity index (χ0v) is 7.76. The van der Waals surface area contributed by atoms with Gasteiger partial charge in [-0.1, -0.05) is 6.08 Å². The largest absolute Gasteiger partial charge is 0.478 e. The smallest absolute Gasteiger partial charge is 0.338 e. The number of benzene rings is 1. The summed E-state index contributed by atoms with van der Waals surface area (Å²) in [5.74, 6) is -4.06. The van der Waals surface area contributed by atoms with E-state index in [1.807, 2.05) is 0 Å². The van der Waals surface area contributed by atoms with Crippen molar-refractivity contribution in [1.82, 2.24) is 0 Å². The predicted octanol–water partition coefficient (Wildman–Crippen LogP) is 2.26. The van der Waals surface area contributed by atoms with E-state index in [2.05, 4.69) is 11.9 Å². The van der Waals surface area contributed by atoms with Crippen LogP contribution in [-0.4, -0.2) is 17.6 Å². The van der Waals surface area contributed by atoms with E-state index in [9.17, 15) is 13.6 Å². The minimum Gasteiger partial charge on any atom is -0.478 e. The van der Waals surface area contributed by atoms with Crippen molar-refractivity contribution >= 4 is 11.7 Å². The van der Waals surface area contributed by atoms with Crippen LogP contribution in [0.5, 0.6) is 0 Å². The molecule has 0 heterocycles. The fraction of sp³-hybridized carbons (Fsp3) is 0.100. The average Bonchev–Trinajstić information content (AvgIpc) is 2.20. The highest BCUT2D eigenvalue weighted by Gasteiger charge is 2.17. The average molecular weight is 213 g/mol. The normalized spacial score (nSPS) is 9.73. The Balaban J connectivity index is 3.09. The summed E-state index contributed by atoms with van der Waals surface area (Å²) in [7, 11) is 0. The second-order valence-electron chi connectivity index (χ2n) is 2.76. The Kier molecular flexibility index (Phi) is 3.38. The first-order valence-electron chi connectivity index (χ1n) is 4.14. The van der Waals surface area contributed by atoms with Gasteiger partial charge >= 0.3 is 5.97 Å². The van der Waals surface area contributed by atoms with E-state index in [4.69, 9.17) is 5.11 Å². The molecule has 1 aromatic carbocycles. The quantitative estimate of drug-likeness (QED) is 0.754. The summed E-state index contributed by atoms with van der Waals surface area (Å²) in [6.07, 6.45) is 1.47. The summed E-state index contributed by atoms with van der Waals surface area (Å²) in [6.45, 7) is 3.67. The number of rotatable bonds is 4. The number of carboxylic acids is 1. The Hall–Kier alpha value is -1.91. The van der Waals surface area contributed by atoms with Crippen LogP contribution in [0.4, 0.5) is 14.5 Å². The van der Waals surface area contributed by atoms with E-state index in [1.54, 1.807) is 0 Å². The molecule has 0 fully saturated rings. The summed E-state index contributed by atoms with van der Waals surface area (Å²) >= 11 is 0. The van der Waals surface area contributed by atoms with Gasteiger partial charge in [-0.25, -0.2) is 13.6 Å². The van der Waals surface area contributed by atoms with Gasteiger partial charge in [0, 0.05) is 6.54 Å². The molecule has 3 nitrogen and oxygen atoms in total. The van der Waals surface area contributed by atoms with E-state index in [-0.39, 0.29) is 12.2 Å². The topological polar surface area (TPSA) is 49.3 Å². The van der Waals surface area contributed by atoms with Crippen LogP contribution < -0.4 is 5.32 Å². The number of aromatic carboxylic acids is 1. The van der Waals surface area contributed by atoms with Crippen molar-refractivity contribution in [1.29, 1.82) is 0 Å². The summed E-state index contributed by atoms with van der Waals surface area (Å²) in [5.41, 5.74) is -0.769. The Morgan fingerprint density at radius 3 is 2.67 bits per heavy atom. The molecule has 2 N–H and O–H groups in total. The van der Waals surface area contributed by atoms with Crippen LogP contribution in [-0.2, 0) is 0 Å². The molecule has 0 aliphatic carbocycles. The minimum absolute atomic E-state index is 0.0857. The van der Waals surface area contributed by atoms with Gasteiger partial charge in [0.1, 0.15) is 0 Å². The molecule has 0 unspecified atom stereocenters. The van der Waals surface area contributed by atoms with Gasteiger partial charge in [-0.05, 0) is 12.1 Å². The molecule has 0 amide bonds. The van der Waals surface area contributed by atoms with E-state index in [0.29, 0.717) is 0 Å². The summed E-state index contributed by atoms with van der Waals surface area (Å²) in [6, 6.07) is 2.18. The van der Waals surface area contributed by atoms with E-state index >= 15 is 0 Å². The summed E-state index contributed by atoms with van der Waals surface area (Å²) in [4.78, 5) is 10.5. The Morgan fingerprint density at radius 2 is 2.13 bits per heavy atom. The lowest BCUT2D eigenvalue weighted by Crippen LogP contribution is -2.07. The lowest BCUT2D eigenvalue weighted by Gasteiger charge is -2.06. The third kappa shape index (κ3) is 2.31. The van der Waals surface area contributed by atoms with Crippen LogP contribution in [0, 0.1) is 11.6 Å². The van der Waals surface area contributed by atoms with Crippen molar-refractivity contribution < 1.29 is 18.7 Å². The number of anilines is 1. The van der Waals surface area contributed by atoms with Crippen LogP contribution in [0.1, 0.15) is 10.4 Å². The third-order valence-corrected chi connectivity index (χ3v) is 1.75. The van der Waals surface area contributed by atoms with E-state index < -0.39 is 23.2 Å². The number of hydrogen-bond acceptors (Lipinski definition) is 2. The maximum atomic E-state index is 13.2. The Bertz CT molecular complexity index is 405. The van der Waals surface area contributed by atoms with Crippen LogP contribution in [0.2, 0.25) is 0 Å². The van der Waals surface area contributed by atoms with Gasteiger partial charge in [0.2, 0.25) is 0 Å². The van der Waals surface area contributed by atoms with Crippen molar-refractivity contribution in [3.63, 3.8) is 0 Å². The molecule has 80 valence electrons. The highest BCUT2D eigenvalue weighted by Crippen LogP contribution is 2.20. The van der Waals surface area contributed by atoms with Crippen molar-refractivity contribution in [2.45, 2.75) is 0 Å². The lowest BCUT2D eigenvalue weighted by molar-refractivity contribution is 0.0690. The number of carboxylic acid groups (broad SMARTS) is 1. The van der Waals surface area contributed by atoms with Gasteiger partial charge < -0.3 is 10.4 Å². The van der Waals surface area contributed by atoms with Crippen LogP contribution in [0.3, 0.4) is 0 Å². The molecule has 0 aliphatic rings. The van der Waals surface area contributed by atoms with Gasteiger partial charge in [0.25, 0.3) is 0 Å². The standard InChI is InChI=1S/C10H9F2NO2/c1-2-5-13-7-4-3-6(10(14)15)8(11)9(7)12/h2-4,13H,1,5H2,(H,14,15). The third-order valence-electron chi connectivity index (χ3n) is 1.75. The monoisotopic (exact) mass is 213 g/mol. The first kappa shape index (κ1) is 11.2. The first-order valence-corrected chi connectivity index (χ1v) is 4.14. The first-order chi connectivity index (χ1) is 7.07. The highest BCUT2D eigenvalue weighted by molar-refractivity contribution is 5.88. The van der Waals surface area contributed by atoms with Crippen LogP contribution >= 0.6 is 0 Å². The van der Waals surface area contributed by atoms with Crippen molar-refractivity contribution in [2.24, 2.45) is 0 Å². The lowest BCUT2D eigenvalue weighted by atomic mass is 10.2. The molecular weight excluding hydrogens is 204 g/mol. The molecule has 0 atom stereocenters. The van der Waals surface area contributed by atoms with Gasteiger partial charge in [-0.3, -0.25) is 0 Å². The van der Waals surface area contributed by atoms with Crippen molar-refractivity contribution in [3.05, 3.63) is 42.0 Å². The summed E-state index contributed by atoms with van der Waals surface area (Å²) in [5, 5.41) is 11.1. The summed E-state index contributed by atoms with van der Waals surface area (Å²) < 4.78 is 26.3. The van der Waals surface area contributed by atoms with Crippen molar-refractivity contribution in [3.8, 4) is 0 Å². The molecule has 0 aromatic heterocycles. The molecule has 5 heteroatoms. The maximum Gasteiger partial charge on any atom is 0.338 e. The molecule has 1 rings (SSSR count). The zero-order valence-electron chi connectivity index (χ0n) is 7.76. The Morgan fingerprint density at radius 1 is 1.47 bits per heavy atom. The van der Waals surface area contributed by atoms with E-state index in [1.165, 1.54) is 12.1 Å². The molecule has 15 heavy (non-hydrogen) atoms. The molecular formula is C10H9F2NO2.